The third-order valence-corrected chi connectivity index (χ3v) is 9.21. The van der Waals surface area contributed by atoms with Crippen molar-refractivity contribution < 1.29 is 4.79 Å². The van der Waals surface area contributed by atoms with E-state index in [9.17, 15) is 4.79 Å². The molecule has 3 atom stereocenters. The summed E-state index contributed by atoms with van der Waals surface area (Å²) < 4.78 is 0. The molecular weight excluding hydrogens is 418 g/mol. The van der Waals surface area contributed by atoms with E-state index < -0.39 is 0 Å². The Balaban J connectivity index is 0.925. The van der Waals surface area contributed by atoms with Gasteiger partial charge in [-0.15, -0.1) is 0 Å². The number of hydrogen-bond acceptors (Lipinski definition) is 2. The summed E-state index contributed by atoms with van der Waals surface area (Å²) in [6.45, 7) is 1.98. The van der Waals surface area contributed by atoms with Crippen LogP contribution in [0.4, 0.5) is 4.79 Å². The molecule has 2 aliphatic carbocycles. The third kappa shape index (κ3) is 4.37. The lowest BCUT2D eigenvalue weighted by atomic mass is 9.83. The highest BCUT2D eigenvalue weighted by Gasteiger charge is 2.43. The highest BCUT2D eigenvalue weighted by atomic mass is 16.2. The van der Waals surface area contributed by atoms with Crippen LogP contribution in [0.5, 0.6) is 0 Å². The summed E-state index contributed by atoms with van der Waals surface area (Å²) in [6, 6.07) is 19.5. The van der Waals surface area contributed by atoms with Crippen molar-refractivity contribution in [3.8, 4) is 0 Å². The van der Waals surface area contributed by atoms with Gasteiger partial charge in [-0.25, -0.2) is 4.79 Å². The molecule has 2 amide bonds. The zero-order chi connectivity index (χ0) is 22.9. The Morgan fingerprint density at radius 2 is 1.50 bits per heavy atom. The Labute approximate surface area is 204 Å². The smallest absolute Gasteiger partial charge is 0.315 e. The van der Waals surface area contributed by atoms with Crippen molar-refractivity contribution in [3.63, 3.8) is 0 Å². The molecule has 0 aromatic heterocycles. The summed E-state index contributed by atoms with van der Waals surface area (Å²) in [5.41, 5.74) is 6.08. The number of carbonyl (C=O) groups excluding carboxylic acids is 1. The topological polar surface area (TPSA) is 44.4 Å². The molecule has 6 rings (SSSR count). The van der Waals surface area contributed by atoms with Crippen molar-refractivity contribution in [3.05, 3.63) is 70.8 Å². The van der Waals surface area contributed by atoms with Crippen LogP contribution in [-0.2, 0) is 6.42 Å². The van der Waals surface area contributed by atoms with Crippen molar-refractivity contribution in [1.82, 2.24) is 15.5 Å². The molecule has 0 radical (unpaired) electrons. The second-order valence-corrected chi connectivity index (χ2v) is 11.1. The number of carbonyl (C=O) groups is 1. The molecule has 2 aromatic rings. The zero-order valence-electron chi connectivity index (χ0n) is 20.3. The van der Waals surface area contributed by atoms with Crippen LogP contribution < -0.4 is 10.6 Å². The molecule has 2 fully saturated rings. The molecule has 3 unspecified atom stereocenters. The number of fused-ring (bicyclic) bond motifs is 6. The molecule has 2 N–H and O–H groups in total. The number of urea groups is 1. The normalized spacial score (nSPS) is 29.9. The maximum absolute atomic E-state index is 12.6. The summed E-state index contributed by atoms with van der Waals surface area (Å²) >= 11 is 0. The minimum Gasteiger partial charge on any atom is -0.338 e. The standard InChI is InChI=1S/C30H39N3O/c34-30(31-20-23-8-5-7-22-6-1-2-9-25(22)23)32-24-14-12-21(13-15-24)18-19-33-28-16-17-29(33)27-11-4-3-10-26(27)28/h1-4,6,9-11,21,23-24,28-29H,5,7-8,12-20H2,(H2,31,32,34). The van der Waals surface area contributed by atoms with E-state index in [1.165, 1.54) is 69.0 Å². The molecule has 4 aliphatic rings. The van der Waals surface area contributed by atoms with Crippen molar-refractivity contribution in [2.45, 2.75) is 88.3 Å². The second-order valence-electron chi connectivity index (χ2n) is 11.1. The van der Waals surface area contributed by atoms with Gasteiger partial charge < -0.3 is 10.6 Å². The summed E-state index contributed by atoms with van der Waals surface area (Å²) in [4.78, 5) is 15.4. The van der Waals surface area contributed by atoms with Crippen LogP contribution in [0.3, 0.4) is 0 Å². The minimum absolute atomic E-state index is 0.0258. The van der Waals surface area contributed by atoms with Gasteiger partial charge in [0.25, 0.3) is 0 Å². The first-order chi connectivity index (χ1) is 16.8. The summed E-state index contributed by atoms with van der Waals surface area (Å²) in [5, 5.41) is 6.46. The van der Waals surface area contributed by atoms with E-state index in [4.69, 9.17) is 0 Å². The highest BCUT2D eigenvalue weighted by molar-refractivity contribution is 5.74. The molecular formula is C30H39N3O. The van der Waals surface area contributed by atoms with E-state index in [1.54, 1.807) is 11.1 Å². The number of benzene rings is 2. The molecule has 4 heteroatoms. The Bertz CT molecular complexity index is 981. The molecule has 180 valence electrons. The van der Waals surface area contributed by atoms with Crippen molar-refractivity contribution in [1.29, 1.82) is 0 Å². The Morgan fingerprint density at radius 3 is 2.24 bits per heavy atom. The minimum atomic E-state index is 0.0258. The first-order valence-electron chi connectivity index (χ1n) is 13.7. The number of amides is 2. The van der Waals surface area contributed by atoms with Gasteiger partial charge in [0, 0.05) is 30.6 Å². The van der Waals surface area contributed by atoms with Crippen LogP contribution in [0, 0.1) is 5.92 Å². The zero-order valence-corrected chi connectivity index (χ0v) is 20.3. The first-order valence-corrected chi connectivity index (χ1v) is 13.7. The lowest BCUT2D eigenvalue weighted by Crippen LogP contribution is -2.45. The second kappa shape index (κ2) is 9.73. The molecule has 2 aromatic carbocycles. The molecule has 4 nitrogen and oxygen atoms in total. The van der Waals surface area contributed by atoms with Gasteiger partial charge in [-0.3, -0.25) is 4.90 Å². The lowest BCUT2D eigenvalue weighted by molar-refractivity contribution is 0.185. The first kappa shape index (κ1) is 22.2. The van der Waals surface area contributed by atoms with Crippen molar-refractivity contribution in [2.75, 3.05) is 13.1 Å². The van der Waals surface area contributed by atoms with Gasteiger partial charge in [-0.1, -0.05) is 48.5 Å². The quantitative estimate of drug-likeness (QED) is 0.539. The molecule has 2 bridgehead atoms. The fourth-order valence-electron chi connectivity index (χ4n) is 7.41. The maximum Gasteiger partial charge on any atom is 0.315 e. The maximum atomic E-state index is 12.6. The number of aryl methyl sites for hydroxylation is 1. The lowest BCUT2D eigenvalue weighted by Gasteiger charge is -2.31. The average molecular weight is 458 g/mol. The predicted molar refractivity (Wildman–Crippen MR) is 137 cm³/mol. The number of hydrogen-bond donors (Lipinski definition) is 2. The number of rotatable bonds is 6. The SMILES string of the molecule is O=C(NCC1CCCc2ccccc21)NC1CCC(CCN2C3CCC2c2ccccc23)CC1. The summed E-state index contributed by atoms with van der Waals surface area (Å²) in [6.07, 6.45) is 12.3. The summed E-state index contributed by atoms with van der Waals surface area (Å²) in [5.74, 6) is 1.27. The van der Waals surface area contributed by atoms with Crippen LogP contribution >= 0.6 is 0 Å². The van der Waals surface area contributed by atoms with Gasteiger partial charge in [0.2, 0.25) is 0 Å². The molecule has 2 heterocycles. The third-order valence-electron chi connectivity index (χ3n) is 9.21. The summed E-state index contributed by atoms with van der Waals surface area (Å²) in [7, 11) is 0. The van der Waals surface area contributed by atoms with E-state index >= 15 is 0 Å². The van der Waals surface area contributed by atoms with E-state index in [-0.39, 0.29) is 6.03 Å². The Kier molecular flexibility index (Phi) is 6.34. The van der Waals surface area contributed by atoms with Crippen LogP contribution in [-0.4, -0.2) is 30.1 Å². The van der Waals surface area contributed by atoms with Gasteiger partial charge >= 0.3 is 6.03 Å². The monoisotopic (exact) mass is 457 g/mol. The molecule has 34 heavy (non-hydrogen) atoms. The van der Waals surface area contributed by atoms with E-state index in [0.717, 1.165) is 25.3 Å². The average Bonchev–Trinajstić information content (AvgIpc) is 3.43. The van der Waals surface area contributed by atoms with Gasteiger partial charge in [-0.05, 0) is 98.9 Å². The van der Waals surface area contributed by atoms with Crippen LogP contribution in [0.25, 0.3) is 0 Å². The van der Waals surface area contributed by atoms with E-state index in [1.807, 2.05) is 0 Å². The van der Waals surface area contributed by atoms with Gasteiger partial charge in [-0.2, -0.15) is 0 Å². The van der Waals surface area contributed by atoms with Gasteiger partial charge in [0.05, 0.1) is 0 Å². The molecule has 1 saturated carbocycles. The largest absolute Gasteiger partial charge is 0.338 e. The Hall–Kier alpha value is -2.33. The van der Waals surface area contributed by atoms with Gasteiger partial charge in [0.15, 0.2) is 0 Å². The van der Waals surface area contributed by atoms with Crippen molar-refractivity contribution >= 4 is 6.03 Å². The van der Waals surface area contributed by atoms with Gasteiger partial charge in [0.1, 0.15) is 0 Å². The fourth-order valence-corrected chi connectivity index (χ4v) is 7.41. The van der Waals surface area contributed by atoms with E-state index in [2.05, 4.69) is 64.1 Å². The highest BCUT2D eigenvalue weighted by Crippen LogP contribution is 2.53. The van der Waals surface area contributed by atoms with Crippen LogP contribution in [0.2, 0.25) is 0 Å². The number of nitrogens with one attached hydrogen (secondary N) is 2. The Morgan fingerprint density at radius 1 is 0.824 bits per heavy atom. The molecule has 0 spiro atoms. The van der Waals surface area contributed by atoms with Crippen molar-refractivity contribution in [2.24, 2.45) is 5.92 Å². The fraction of sp³-hybridized carbons (Fsp3) is 0.567. The molecule has 1 saturated heterocycles. The van der Waals surface area contributed by atoms with Crippen LogP contribution in [0.15, 0.2) is 48.5 Å². The predicted octanol–water partition coefficient (Wildman–Crippen LogP) is 6.25. The number of nitrogens with zero attached hydrogens (tertiary/aromatic N) is 1. The molecule has 2 aliphatic heterocycles. The van der Waals surface area contributed by atoms with Crippen LogP contribution in [0.1, 0.15) is 98.0 Å². The van der Waals surface area contributed by atoms with E-state index in [0.29, 0.717) is 24.0 Å².